The molecule has 0 bridgehead atoms. The van der Waals surface area contributed by atoms with Crippen molar-refractivity contribution in [3.8, 4) is 5.88 Å². The van der Waals surface area contributed by atoms with Gasteiger partial charge in [0.15, 0.2) is 0 Å². The molecule has 0 atom stereocenters. The number of ether oxygens (including phenoxy) is 1. The molecule has 1 aromatic carbocycles. The minimum Gasteiger partial charge on any atom is -0.473 e. The lowest BCUT2D eigenvalue weighted by molar-refractivity contribution is 0.293. The molecule has 2 heteroatoms. The summed E-state index contributed by atoms with van der Waals surface area (Å²) in [4.78, 5) is 4.25. The first-order valence-corrected chi connectivity index (χ1v) is 6.19. The molecule has 0 radical (unpaired) electrons. The third-order valence-corrected chi connectivity index (χ3v) is 2.83. The molecule has 0 saturated carbocycles. The van der Waals surface area contributed by atoms with Gasteiger partial charge in [-0.3, -0.25) is 0 Å². The van der Waals surface area contributed by atoms with Gasteiger partial charge in [0, 0.05) is 12.3 Å². The highest BCUT2D eigenvalue weighted by atomic mass is 16.5. The molecule has 0 fully saturated rings. The van der Waals surface area contributed by atoms with Crippen LogP contribution < -0.4 is 4.74 Å². The van der Waals surface area contributed by atoms with E-state index >= 15 is 0 Å². The van der Waals surface area contributed by atoms with Crippen molar-refractivity contribution >= 4 is 0 Å². The molecule has 0 aliphatic rings. The zero-order valence-corrected chi connectivity index (χ0v) is 11.2. The molecule has 2 rings (SSSR count). The summed E-state index contributed by atoms with van der Waals surface area (Å²) in [5.41, 5.74) is 2.51. The van der Waals surface area contributed by atoms with Gasteiger partial charge in [0.25, 0.3) is 0 Å². The van der Waals surface area contributed by atoms with Gasteiger partial charge in [-0.1, -0.05) is 51.1 Å². The van der Waals surface area contributed by atoms with Gasteiger partial charge in [-0.05, 0) is 22.6 Å². The molecule has 0 aliphatic carbocycles. The van der Waals surface area contributed by atoms with Crippen LogP contribution in [0.5, 0.6) is 5.88 Å². The van der Waals surface area contributed by atoms with Gasteiger partial charge in [-0.25, -0.2) is 4.98 Å². The van der Waals surface area contributed by atoms with Crippen LogP contribution in [0.1, 0.15) is 31.9 Å². The van der Waals surface area contributed by atoms with E-state index in [0.717, 1.165) is 5.56 Å². The number of hydrogen-bond donors (Lipinski definition) is 0. The number of nitrogens with zero attached hydrogens (tertiary/aromatic N) is 1. The minimum atomic E-state index is 0.119. The number of hydrogen-bond acceptors (Lipinski definition) is 2. The van der Waals surface area contributed by atoms with Gasteiger partial charge in [-0.15, -0.1) is 0 Å². The quantitative estimate of drug-likeness (QED) is 0.811. The van der Waals surface area contributed by atoms with Crippen LogP contribution in [0, 0.1) is 0 Å². The van der Waals surface area contributed by atoms with Crippen LogP contribution in [-0.2, 0) is 12.0 Å². The average molecular weight is 241 g/mol. The molecule has 18 heavy (non-hydrogen) atoms. The topological polar surface area (TPSA) is 22.1 Å². The molecule has 94 valence electrons. The summed E-state index contributed by atoms with van der Waals surface area (Å²) in [6.45, 7) is 7.11. The fourth-order valence-electron chi connectivity index (χ4n) is 1.69. The molecule has 1 aromatic heterocycles. The predicted molar refractivity (Wildman–Crippen MR) is 73.7 cm³/mol. The third kappa shape index (κ3) is 3.33. The van der Waals surface area contributed by atoms with Crippen LogP contribution >= 0.6 is 0 Å². The summed E-state index contributed by atoms with van der Waals surface area (Å²) in [5, 5.41) is 0. The highest BCUT2D eigenvalue weighted by molar-refractivity contribution is 5.26. The van der Waals surface area contributed by atoms with Crippen molar-refractivity contribution in [1.29, 1.82) is 0 Å². The van der Waals surface area contributed by atoms with Gasteiger partial charge in [0.05, 0.1) is 0 Å². The average Bonchev–Trinajstić information content (AvgIpc) is 2.37. The van der Waals surface area contributed by atoms with Crippen molar-refractivity contribution in [2.45, 2.75) is 32.8 Å². The number of rotatable bonds is 3. The van der Waals surface area contributed by atoms with E-state index in [1.54, 1.807) is 6.20 Å². The molecule has 1 heterocycles. The zero-order valence-electron chi connectivity index (χ0n) is 11.2. The third-order valence-electron chi connectivity index (χ3n) is 2.83. The first-order chi connectivity index (χ1) is 8.55. The van der Waals surface area contributed by atoms with E-state index in [1.165, 1.54) is 5.56 Å². The Hall–Kier alpha value is -1.83. The lowest BCUT2D eigenvalue weighted by atomic mass is 9.88. The lowest BCUT2D eigenvalue weighted by Crippen LogP contribution is -2.11. The fraction of sp³-hybridized carbons (Fsp3) is 0.312. The Bertz CT molecular complexity index is 500. The molecular weight excluding hydrogens is 222 g/mol. The fourth-order valence-corrected chi connectivity index (χ4v) is 1.69. The molecule has 2 aromatic rings. The van der Waals surface area contributed by atoms with Gasteiger partial charge in [0.2, 0.25) is 5.88 Å². The van der Waals surface area contributed by atoms with E-state index in [0.29, 0.717) is 12.5 Å². The number of aromatic nitrogens is 1. The van der Waals surface area contributed by atoms with Gasteiger partial charge in [0.1, 0.15) is 6.61 Å². The van der Waals surface area contributed by atoms with Crippen LogP contribution in [0.2, 0.25) is 0 Å². The summed E-state index contributed by atoms with van der Waals surface area (Å²) in [7, 11) is 0. The van der Waals surface area contributed by atoms with Crippen molar-refractivity contribution in [2.24, 2.45) is 0 Å². The van der Waals surface area contributed by atoms with Crippen LogP contribution in [0.3, 0.4) is 0 Å². The minimum absolute atomic E-state index is 0.119. The SMILES string of the molecule is CC(C)(C)c1ccnc(OCc2ccccc2)c1. The van der Waals surface area contributed by atoms with Gasteiger partial charge >= 0.3 is 0 Å². The molecule has 0 unspecified atom stereocenters. The standard InChI is InChI=1S/C16H19NO/c1-16(2,3)14-9-10-17-15(11-14)18-12-13-7-5-4-6-8-13/h4-11H,12H2,1-3H3. The Kier molecular flexibility index (Phi) is 3.66. The summed E-state index contributed by atoms with van der Waals surface area (Å²) in [5.74, 6) is 0.686. The maximum absolute atomic E-state index is 5.72. The molecule has 0 N–H and O–H groups in total. The van der Waals surface area contributed by atoms with Crippen molar-refractivity contribution in [3.05, 3.63) is 59.8 Å². The molecule has 0 spiro atoms. The normalized spacial score (nSPS) is 11.3. The van der Waals surface area contributed by atoms with E-state index in [1.807, 2.05) is 42.5 Å². The Labute approximate surface area is 109 Å². The molecule has 0 amide bonds. The van der Waals surface area contributed by atoms with Crippen LogP contribution in [-0.4, -0.2) is 4.98 Å². The van der Waals surface area contributed by atoms with Crippen LogP contribution in [0.25, 0.3) is 0 Å². The number of pyridine rings is 1. The second-order valence-electron chi connectivity index (χ2n) is 5.41. The Morgan fingerprint density at radius 1 is 1.06 bits per heavy atom. The highest BCUT2D eigenvalue weighted by Gasteiger charge is 2.14. The Morgan fingerprint density at radius 3 is 2.44 bits per heavy atom. The van der Waals surface area contributed by atoms with Crippen molar-refractivity contribution in [2.75, 3.05) is 0 Å². The monoisotopic (exact) mass is 241 g/mol. The van der Waals surface area contributed by atoms with E-state index < -0.39 is 0 Å². The van der Waals surface area contributed by atoms with Gasteiger partial charge < -0.3 is 4.74 Å². The second kappa shape index (κ2) is 5.21. The summed E-state index contributed by atoms with van der Waals surface area (Å²) in [6, 6.07) is 14.2. The van der Waals surface area contributed by atoms with Crippen molar-refractivity contribution in [3.63, 3.8) is 0 Å². The van der Waals surface area contributed by atoms with E-state index in [4.69, 9.17) is 4.74 Å². The first-order valence-electron chi connectivity index (χ1n) is 6.19. The molecule has 0 saturated heterocycles. The van der Waals surface area contributed by atoms with E-state index in [-0.39, 0.29) is 5.41 Å². The number of benzene rings is 1. The maximum atomic E-state index is 5.72. The van der Waals surface area contributed by atoms with Crippen LogP contribution in [0.15, 0.2) is 48.7 Å². The summed E-state index contributed by atoms with van der Waals surface area (Å²) >= 11 is 0. The Balaban J connectivity index is 2.06. The first kappa shape index (κ1) is 12.6. The largest absolute Gasteiger partial charge is 0.473 e. The maximum Gasteiger partial charge on any atom is 0.213 e. The highest BCUT2D eigenvalue weighted by Crippen LogP contribution is 2.24. The van der Waals surface area contributed by atoms with E-state index in [2.05, 4.69) is 25.8 Å². The molecule has 0 aliphatic heterocycles. The lowest BCUT2D eigenvalue weighted by Gasteiger charge is -2.19. The molecule has 2 nitrogen and oxygen atoms in total. The van der Waals surface area contributed by atoms with Gasteiger partial charge in [-0.2, -0.15) is 0 Å². The van der Waals surface area contributed by atoms with Crippen molar-refractivity contribution in [1.82, 2.24) is 4.98 Å². The zero-order chi connectivity index (χ0) is 13.0. The smallest absolute Gasteiger partial charge is 0.213 e. The second-order valence-corrected chi connectivity index (χ2v) is 5.41. The molecular formula is C16H19NO. The van der Waals surface area contributed by atoms with Crippen LogP contribution in [0.4, 0.5) is 0 Å². The summed E-state index contributed by atoms with van der Waals surface area (Å²) in [6.07, 6.45) is 1.81. The Morgan fingerprint density at radius 2 is 1.78 bits per heavy atom. The van der Waals surface area contributed by atoms with Crippen molar-refractivity contribution < 1.29 is 4.74 Å². The van der Waals surface area contributed by atoms with E-state index in [9.17, 15) is 0 Å². The predicted octanol–water partition coefficient (Wildman–Crippen LogP) is 3.96. The summed E-state index contributed by atoms with van der Waals surface area (Å²) < 4.78 is 5.72.